The molecule has 0 fully saturated rings. The first kappa shape index (κ1) is 19.8. The molecule has 2 heterocycles. The first-order chi connectivity index (χ1) is 13.9. The van der Waals surface area contributed by atoms with Gasteiger partial charge in [-0.15, -0.1) is 11.3 Å². The van der Waals surface area contributed by atoms with Gasteiger partial charge in [0.15, 0.2) is 9.84 Å². The lowest BCUT2D eigenvalue weighted by molar-refractivity contribution is -0.117. The Labute approximate surface area is 174 Å². The molecule has 0 radical (unpaired) electrons. The number of amides is 1. The Morgan fingerprint density at radius 2 is 1.93 bits per heavy atom. The van der Waals surface area contributed by atoms with Crippen LogP contribution in [-0.2, 0) is 21.1 Å². The number of rotatable bonds is 5. The Kier molecular flexibility index (Phi) is 5.54. The van der Waals surface area contributed by atoms with E-state index in [1.54, 1.807) is 23.5 Å². The number of nitrogens with zero attached hydrogens (tertiary/aromatic N) is 1. The SMILES string of the molecule is CS(=O)(=O)c1cccc(NC(=O)CN2CCc3sccc3C2c2ccccc2)c1. The molecule has 0 saturated heterocycles. The first-order valence-electron chi connectivity index (χ1n) is 9.37. The fourth-order valence-electron chi connectivity index (χ4n) is 3.75. The Hall–Kier alpha value is -2.48. The van der Waals surface area contributed by atoms with Gasteiger partial charge in [-0.05, 0) is 47.2 Å². The van der Waals surface area contributed by atoms with Crippen molar-refractivity contribution in [2.75, 3.05) is 24.7 Å². The summed E-state index contributed by atoms with van der Waals surface area (Å²) in [6, 6.07) is 18.8. The quantitative estimate of drug-likeness (QED) is 0.675. The van der Waals surface area contributed by atoms with E-state index in [1.807, 2.05) is 18.2 Å². The highest BCUT2D eigenvalue weighted by molar-refractivity contribution is 7.90. The average Bonchev–Trinajstić information content (AvgIpc) is 3.16. The van der Waals surface area contributed by atoms with Gasteiger partial charge in [0, 0.05) is 23.4 Å². The molecule has 7 heteroatoms. The lowest BCUT2D eigenvalue weighted by Crippen LogP contribution is -2.40. The lowest BCUT2D eigenvalue weighted by atomic mass is 9.93. The standard InChI is InChI=1S/C22H22N2O3S2/c1-29(26,27)18-9-5-8-17(14-18)23-21(25)15-24-12-10-20-19(11-13-28-20)22(24)16-6-3-2-4-7-16/h2-9,11,13-14,22H,10,12,15H2,1H3,(H,23,25). The van der Waals surface area contributed by atoms with Crippen molar-refractivity contribution in [2.45, 2.75) is 17.4 Å². The maximum absolute atomic E-state index is 12.8. The van der Waals surface area contributed by atoms with E-state index < -0.39 is 9.84 Å². The number of thiophene rings is 1. The van der Waals surface area contributed by atoms with E-state index >= 15 is 0 Å². The third-order valence-corrected chi connectivity index (χ3v) is 7.18. The fourth-order valence-corrected chi connectivity index (χ4v) is 5.32. The lowest BCUT2D eigenvalue weighted by Gasteiger charge is -2.35. The summed E-state index contributed by atoms with van der Waals surface area (Å²) in [5, 5.41) is 4.96. The second-order valence-electron chi connectivity index (χ2n) is 7.18. The zero-order valence-electron chi connectivity index (χ0n) is 16.0. The van der Waals surface area contributed by atoms with Gasteiger partial charge in [0.2, 0.25) is 5.91 Å². The van der Waals surface area contributed by atoms with E-state index in [0.29, 0.717) is 5.69 Å². The summed E-state index contributed by atoms with van der Waals surface area (Å²) >= 11 is 1.77. The van der Waals surface area contributed by atoms with Crippen molar-refractivity contribution in [2.24, 2.45) is 0 Å². The predicted octanol–water partition coefficient (Wildman–Crippen LogP) is 3.74. The summed E-state index contributed by atoms with van der Waals surface area (Å²) in [6.07, 6.45) is 2.08. The molecule has 1 unspecified atom stereocenters. The Bertz CT molecular complexity index is 1120. The van der Waals surface area contributed by atoms with Gasteiger partial charge in [-0.2, -0.15) is 0 Å². The summed E-state index contributed by atoms with van der Waals surface area (Å²) in [5.74, 6) is -0.157. The molecular weight excluding hydrogens is 404 g/mol. The van der Waals surface area contributed by atoms with Gasteiger partial charge in [-0.25, -0.2) is 8.42 Å². The highest BCUT2D eigenvalue weighted by atomic mass is 32.2. The zero-order valence-corrected chi connectivity index (χ0v) is 17.7. The van der Waals surface area contributed by atoms with Gasteiger partial charge in [0.1, 0.15) is 0 Å². The second-order valence-corrected chi connectivity index (χ2v) is 10.2. The van der Waals surface area contributed by atoms with Gasteiger partial charge in [0.25, 0.3) is 0 Å². The summed E-state index contributed by atoms with van der Waals surface area (Å²) in [6.45, 7) is 1.03. The van der Waals surface area contributed by atoms with Crippen molar-refractivity contribution in [3.63, 3.8) is 0 Å². The summed E-state index contributed by atoms with van der Waals surface area (Å²) < 4.78 is 23.5. The van der Waals surface area contributed by atoms with Crippen molar-refractivity contribution in [1.82, 2.24) is 4.90 Å². The number of fused-ring (bicyclic) bond motifs is 1. The van der Waals surface area contributed by atoms with Gasteiger partial charge in [-0.3, -0.25) is 9.69 Å². The molecule has 1 atom stereocenters. The topological polar surface area (TPSA) is 66.5 Å². The summed E-state index contributed by atoms with van der Waals surface area (Å²) in [7, 11) is -3.32. The Balaban J connectivity index is 1.54. The molecule has 2 aromatic carbocycles. The van der Waals surface area contributed by atoms with E-state index in [9.17, 15) is 13.2 Å². The predicted molar refractivity (Wildman–Crippen MR) is 116 cm³/mol. The number of sulfone groups is 1. The summed E-state index contributed by atoms with van der Waals surface area (Å²) in [5.41, 5.74) is 2.92. The van der Waals surface area contributed by atoms with Crippen molar-refractivity contribution in [1.29, 1.82) is 0 Å². The minimum Gasteiger partial charge on any atom is -0.325 e. The maximum Gasteiger partial charge on any atom is 0.238 e. The molecule has 0 saturated carbocycles. The number of hydrogen-bond donors (Lipinski definition) is 1. The van der Waals surface area contributed by atoms with E-state index in [2.05, 4.69) is 33.8 Å². The fraction of sp³-hybridized carbons (Fsp3) is 0.227. The van der Waals surface area contributed by atoms with E-state index in [1.165, 1.54) is 28.1 Å². The molecular formula is C22H22N2O3S2. The molecule has 4 rings (SSSR count). The molecule has 0 spiro atoms. The molecule has 150 valence electrons. The van der Waals surface area contributed by atoms with E-state index in [0.717, 1.165) is 19.2 Å². The third-order valence-electron chi connectivity index (χ3n) is 5.07. The molecule has 29 heavy (non-hydrogen) atoms. The molecule has 5 nitrogen and oxygen atoms in total. The van der Waals surface area contributed by atoms with Crippen LogP contribution in [0.1, 0.15) is 22.0 Å². The van der Waals surface area contributed by atoms with Crippen LogP contribution >= 0.6 is 11.3 Å². The van der Waals surface area contributed by atoms with E-state index in [-0.39, 0.29) is 23.4 Å². The smallest absolute Gasteiger partial charge is 0.238 e. The molecule has 1 aromatic heterocycles. The molecule has 1 amide bonds. The minimum atomic E-state index is -3.32. The van der Waals surface area contributed by atoms with Crippen LogP contribution < -0.4 is 5.32 Å². The molecule has 1 aliphatic rings. The molecule has 0 aliphatic carbocycles. The first-order valence-corrected chi connectivity index (χ1v) is 12.1. The minimum absolute atomic E-state index is 0.0410. The van der Waals surface area contributed by atoms with Crippen LogP contribution in [0.5, 0.6) is 0 Å². The number of anilines is 1. The van der Waals surface area contributed by atoms with Gasteiger partial charge in [0.05, 0.1) is 17.5 Å². The Morgan fingerprint density at radius 1 is 1.14 bits per heavy atom. The van der Waals surface area contributed by atoms with Crippen LogP contribution in [-0.4, -0.2) is 38.6 Å². The number of hydrogen-bond acceptors (Lipinski definition) is 5. The Morgan fingerprint density at radius 3 is 2.69 bits per heavy atom. The van der Waals surface area contributed by atoms with Crippen LogP contribution in [0.2, 0.25) is 0 Å². The monoisotopic (exact) mass is 426 g/mol. The van der Waals surface area contributed by atoms with Crippen LogP contribution in [0.4, 0.5) is 5.69 Å². The van der Waals surface area contributed by atoms with Crippen molar-refractivity contribution < 1.29 is 13.2 Å². The van der Waals surface area contributed by atoms with Gasteiger partial charge < -0.3 is 5.32 Å². The largest absolute Gasteiger partial charge is 0.325 e. The molecule has 0 bridgehead atoms. The summed E-state index contributed by atoms with van der Waals surface area (Å²) in [4.78, 5) is 16.5. The number of carbonyl (C=O) groups excluding carboxylic acids is 1. The van der Waals surface area contributed by atoms with Crippen molar-refractivity contribution >= 4 is 32.8 Å². The second kappa shape index (κ2) is 8.10. The maximum atomic E-state index is 12.8. The van der Waals surface area contributed by atoms with Crippen LogP contribution in [0.25, 0.3) is 0 Å². The molecule has 1 N–H and O–H groups in total. The average molecular weight is 427 g/mol. The van der Waals surface area contributed by atoms with Gasteiger partial charge >= 0.3 is 0 Å². The molecule has 1 aliphatic heterocycles. The van der Waals surface area contributed by atoms with Crippen LogP contribution in [0.3, 0.4) is 0 Å². The normalized spacial score (nSPS) is 16.9. The van der Waals surface area contributed by atoms with Crippen LogP contribution in [0.15, 0.2) is 70.9 Å². The van der Waals surface area contributed by atoms with Crippen molar-refractivity contribution in [3.05, 3.63) is 82.0 Å². The zero-order chi connectivity index (χ0) is 20.4. The van der Waals surface area contributed by atoms with E-state index in [4.69, 9.17) is 0 Å². The van der Waals surface area contributed by atoms with Crippen LogP contribution in [0, 0.1) is 0 Å². The highest BCUT2D eigenvalue weighted by Gasteiger charge is 2.30. The van der Waals surface area contributed by atoms with Gasteiger partial charge in [-0.1, -0.05) is 36.4 Å². The van der Waals surface area contributed by atoms with Crippen molar-refractivity contribution in [3.8, 4) is 0 Å². The highest BCUT2D eigenvalue weighted by Crippen LogP contribution is 2.37. The number of nitrogens with one attached hydrogen (secondary N) is 1. The number of benzene rings is 2. The number of carbonyl (C=O) groups is 1. The molecule has 3 aromatic rings. The third kappa shape index (κ3) is 4.42.